The highest BCUT2D eigenvalue weighted by Crippen LogP contribution is 2.24. The summed E-state index contributed by atoms with van der Waals surface area (Å²) in [5, 5.41) is 6.22. The van der Waals surface area contributed by atoms with Crippen molar-refractivity contribution < 1.29 is 4.79 Å². The van der Waals surface area contributed by atoms with Crippen LogP contribution in [0.15, 0.2) is 30.5 Å². The van der Waals surface area contributed by atoms with Gasteiger partial charge in [-0.1, -0.05) is 18.2 Å². The SMILES string of the molecule is Nc1ncc(CCCNC(=O)C2Cc3ccccc3N2)[nH]1. The summed E-state index contributed by atoms with van der Waals surface area (Å²) in [6, 6.07) is 7.87. The first-order chi connectivity index (χ1) is 10.2. The molecule has 110 valence electrons. The zero-order valence-electron chi connectivity index (χ0n) is 11.7. The van der Waals surface area contributed by atoms with E-state index in [2.05, 4.69) is 26.7 Å². The molecular formula is C15H19N5O. The molecule has 1 aromatic carbocycles. The zero-order chi connectivity index (χ0) is 14.7. The number of benzene rings is 1. The van der Waals surface area contributed by atoms with Crippen molar-refractivity contribution >= 4 is 17.5 Å². The van der Waals surface area contributed by atoms with Crippen molar-refractivity contribution in [3.05, 3.63) is 41.7 Å². The Morgan fingerprint density at radius 1 is 1.43 bits per heavy atom. The lowest BCUT2D eigenvalue weighted by Gasteiger charge is -2.11. The molecule has 0 spiro atoms. The molecule has 5 N–H and O–H groups in total. The maximum atomic E-state index is 12.1. The Labute approximate surface area is 123 Å². The van der Waals surface area contributed by atoms with E-state index in [1.165, 1.54) is 5.56 Å². The summed E-state index contributed by atoms with van der Waals surface area (Å²) >= 11 is 0. The number of anilines is 2. The minimum atomic E-state index is -0.162. The number of aromatic amines is 1. The van der Waals surface area contributed by atoms with E-state index in [9.17, 15) is 4.79 Å². The number of nitrogens with two attached hydrogens (primary N) is 1. The molecule has 1 unspecified atom stereocenters. The average molecular weight is 285 g/mol. The van der Waals surface area contributed by atoms with Crippen LogP contribution in [0.25, 0.3) is 0 Å². The fourth-order valence-electron chi connectivity index (χ4n) is 2.57. The number of carbonyl (C=O) groups excluding carboxylic acids is 1. The van der Waals surface area contributed by atoms with Crippen molar-refractivity contribution in [2.24, 2.45) is 0 Å². The van der Waals surface area contributed by atoms with Gasteiger partial charge >= 0.3 is 0 Å². The van der Waals surface area contributed by atoms with Gasteiger partial charge in [0.1, 0.15) is 6.04 Å². The predicted molar refractivity (Wildman–Crippen MR) is 81.9 cm³/mol. The van der Waals surface area contributed by atoms with E-state index in [0.29, 0.717) is 12.5 Å². The lowest BCUT2D eigenvalue weighted by Crippen LogP contribution is -2.38. The minimum Gasteiger partial charge on any atom is -0.373 e. The number of rotatable bonds is 5. The number of amides is 1. The number of aryl methyl sites for hydroxylation is 1. The van der Waals surface area contributed by atoms with Crippen LogP contribution < -0.4 is 16.4 Å². The summed E-state index contributed by atoms with van der Waals surface area (Å²) in [7, 11) is 0. The van der Waals surface area contributed by atoms with Gasteiger partial charge in [0.15, 0.2) is 5.95 Å². The lowest BCUT2D eigenvalue weighted by atomic mass is 10.1. The molecule has 0 fully saturated rings. The normalized spacial score (nSPS) is 16.3. The summed E-state index contributed by atoms with van der Waals surface area (Å²) in [5.74, 6) is 0.484. The van der Waals surface area contributed by atoms with E-state index in [1.54, 1.807) is 6.20 Å². The third kappa shape index (κ3) is 3.16. The van der Waals surface area contributed by atoms with Crippen LogP contribution in [0.3, 0.4) is 0 Å². The van der Waals surface area contributed by atoms with Crippen molar-refractivity contribution in [1.82, 2.24) is 15.3 Å². The van der Waals surface area contributed by atoms with Crippen LogP contribution in [-0.2, 0) is 17.6 Å². The maximum absolute atomic E-state index is 12.1. The third-order valence-corrected chi connectivity index (χ3v) is 3.66. The van der Waals surface area contributed by atoms with Gasteiger partial charge in [-0.05, 0) is 24.5 Å². The Kier molecular flexibility index (Phi) is 3.77. The molecule has 6 nitrogen and oxygen atoms in total. The molecule has 1 aliphatic rings. The van der Waals surface area contributed by atoms with Crippen LogP contribution in [0.5, 0.6) is 0 Å². The van der Waals surface area contributed by atoms with Gasteiger partial charge in [0.2, 0.25) is 5.91 Å². The van der Waals surface area contributed by atoms with E-state index in [1.807, 2.05) is 18.2 Å². The lowest BCUT2D eigenvalue weighted by molar-refractivity contribution is -0.121. The Hall–Kier alpha value is -2.50. The first kappa shape index (κ1) is 13.5. The first-order valence-electron chi connectivity index (χ1n) is 7.14. The fourth-order valence-corrected chi connectivity index (χ4v) is 2.57. The van der Waals surface area contributed by atoms with Crippen molar-refractivity contribution in [2.75, 3.05) is 17.6 Å². The summed E-state index contributed by atoms with van der Waals surface area (Å²) in [4.78, 5) is 19.0. The Bertz CT molecular complexity index is 611. The molecule has 0 bridgehead atoms. The van der Waals surface area contributed by atoms with Crippen LogP contribution in [0.4, 0.5) is 11.6 Å². The molecule has 3 rings (SSSR count). The van der Waals surface area contributed by atoms with Crippen LogP contribution >= 0.6 is 0 Å². The topological polar surface area (TPSA) is 95.8 Å². The molecule has 6 heteroatoms. The van der Waals surface area contributed by atoms with Gasteiger partial charge in [-0.2, -0.15) is 0 Å². The number of para-hydroxylation sites is 1. The van der Waals surface area contributed by atoms with Crippen molar-refractivity contribution in [2.45, 2.75) is 25.3 Å². The quantitative estimate of drug-likeness (QED) is 0.618. The number of nitrogen functional groups attached to an aromatic ring is 1. The third-order valence-electron chi connectivity index (χ3n) is 3.66. The second kappa shape index (κ2) is 5.87. The molecule has 0 radical (unpaired) electrons. The number of carbonyl (C=O) groups is 1. The standard InChI is InChI=1S/C15H19N5O/c16-15-18-9-11(19-15)5-3-7-17-14(21)13-8-10-4-1-2-6-12(10)20-13/h1-2,4,6,9,13,20H,3,5,7-8H2,(H,17,21)(H3,16,18,19). The van der Waals surface area contributed by atoms with Crippen LogP contribution in [0.1, 0.15) is 17.7 Å². The van der Waals surface area contributed by atoms with Gasteiger partial charge < -0.3 is 21.4 Å². The van der Waals surface area contributed by atoms with E-state index in [0.717, 1.165) is 30.6 Å². The Morgan fingerprint density at radius 2 is 2.29 bits per heavy atom. The number of nitrogens with one attached hydrogen (secondary N) is 3. The zero-order valence-corrected chi connectivity index (χ0v) is 11.7. The largest absolute Gasteiger partial charge is 0.373 e. The number of hydrogen-bond donors (Lipinski definition) is 4. The van der Waals surface area contributed by atoms with Gasteiger partial charge in [-0.15, -0.1) is 0 Å². The fraction of sp³-hybridized carbons (Fsp3) is 0.333. The molecule has 21 heavy (non-hydrogen) atoms. The second-order valence-electron chi connectivity index (χ2n) is 5.25. The molecule has 0 saturated heterocycles. The summed E-state index contributed by atoms with van der Waals surface area (Å²) < 4.78 is 0. The predicted octanol–water partition coefficient (Wildman–Crippen LogP) is 1.08. The average Bonchev–Trinajstić information content (AvgIpc) is 3.09. The first-order valence-corrected chi connectivity index (χ1v) is 7.14. The summed E-state index contributed by atoms with van der Waals surface area (Å²) in [6.07, 6.45) is 4.15. The van der Waals surface area contributed by atoms with Crippen LogP contribution in [0.2, 0.25) is 0 Å². The molecule has 1 atom stereocenters. The Balaban J connectivity index is 1.41. The molecule has 1 amide bonds. The molecule has 1 aromatic heterocycles. The van der Waals surface area contributed by atoms with Gasteiger partial charge in [-0.25, -0.2) is 4.98 Å². The molecule has 1 aliphatic heterocycles. The summed E-state index contributed by atoms with van der Waals surface area (Å²) in [6.45, 7) is 0.645. The maximum Gasteiger partial charge on any atom is 0.242 e. The van der Waals surface area contributed by atoms with Gasteiger partial charge in [0.05, 0.1) is 6.20 Å². The number of imidazole rings is 1. The number of hydrogen-bond acceptors (Lipinski definition) is 4. The molecule has 2 aromatic rings. The molecule has 0 saturated carbocycles. The number of fused-ring (bicyclic) bond motifs is 1. The highest BCUT2D eigenvalue weighted by Gasteiger charge is 2.25. The number of H-pyrrole nitrogens is 1. The van der Waals surface area contributed by atoms with Crippen LogP contribution in [-0.4, -0.2) is 28.5 Å². The van der Waals surface area contributed by atoms with E-state index >= 15 is 0 Å². The molecule has 0 aliphatic carbocycles. The molecule has 2 heterocycles. The van der Waals surface area contributed by atoms with Gasteiger partial charge in [-0.3, -0.25) is 4.79 Å². The summed E-state index contributed by atoms with van der Waals surface area (Å²) in [5.41, 5.74) is 8.76. The van der Waals surface area contributed by atoms with Gasteiger partial charge in [0.25, 0.3) is 0 Å². The van der Waals surface area contributed by atoms with E-state index in [4.69, 9.17) is 5.73 Å². The monoisotopic (exact) mass is 285 g/mol. The highest BCUT2D eigenvalue weighted by molar-refractivity contribution is 5.87. The minimum absolute atomic E-state index is 0.0512. The molecular weight excluding hydrogens is 266 g/mol. The number of aromatic nitrogens is 2. The van der Waals surface area contributed by atoms with Crippen LogP contribution in [0, 0.1) is 0 Å². The second-order valence-corrected chi connectivity index (χ2v) is 5.25. The van der Waals surface area contributed by atoms with E-state index in [-0.39, 0.29) is 11.9 Å². The smallest absolute Gasteiger partial charge is 0.242 e. The number of nitrogens with zero attached hydrogens (tertiary/aromatic N) is 1. The van der Waals surface area contributed by atoms with Crippen molar-refractivity contribution in [3.63, 3.8) is 0 Å². The van der Waals surface area contributed by atoms with E-state index < -0.39 is 0 Å². The highest BCUT2D eigenvalue weighted by atomic mass is 16.2. The van der Waals surface area contributed by atoms with Crippen molar-refractivity contribution in [3.8, 4) is 0 Å². The van der Waals surface area contributed by atoms with Gasteiger partial charge in [0, 0.05) is 24.3 Å². The van der Waals surface area contributed by atoms with Crippen molar-refractivity contribution in [1.29, 1.82) is 0 Å². The Morgan fingerprint density at radius 3 is 3.05 bits per heavy atom.